The number of amides is 1. The highest BCUT2D eigenvalue weighted by molar-refractivity contribution is 14.1. The summed E-state index contributed by atoms with van der Waals surface area (Å²) in [5, 5.41) is 10.00. The molecule has 0 aliphatic carbocycles. The van der Waals surface area contributed by atoms with Crippen molar-refractivity contribution in [2.45, 2.75) is 46.1 Å². The minimum atomic E-state index is -0.476. The molecule has 0 unspecified atom stereocenters. The first-order valence-corrected chi connectivity index (χ1v) is 9.82. The number of aromatic nitrogens is 4. The lowest BCUT2D eigenvalue weighted by Gasteiger charge is -2.39. The van der Waals surface area contributed by atoms with Crippen molar-refractivity contribution < 1.29 is 9.53 Å². The Bertz CT molecular complexity index is 792. The molecule has 0 atom stereocenters. The molecular formula is C17H25IN6O2. The minimum Gasteiger partial charge on any atom is -0.444 e. The molecule has 0 radical (unpaired) electrons. The van der Waals surface area contributed by atoms with Crippen molar-refractivity contribution in [3.05, 3.63) is 9.90 Å². The summed E-state index contributed by atoms with van der Waals surface area (Å²) in [6.45, 7) is 10.1. The summed E-state index contributed by atoms with van der Waals surface area (Å²) in [6.07, 6.45) is 3.37. The topological polar surface area (TPSA) is 96.0 Å². The van der Waals surface area contributed by atoms with Crippen LogP contribution in [0.5, 0.6) is 0 Å². The van der Waals surface area contributed by atoms with Crippen LogP contribution in [-0.2, 0) is 4.74 Å². The molecule has 1 aliphatic heterocycles. The van der Waals surface area contributed by atoms with E-state index in [9.17, 15) is 4.79 Å². The van der Waals surface area contributed by atoms with Gasteiger partial charge in [0.1, 0.15) is 20.6 Å². The number of alkyl carbamates (subject to hydrolysis) is 1. The van der Waals surface area contributed by atoms with Gasteiger partial charge >= 0.3 is 6.09 Å². The summed E-state index contributed by atoms with van der Waals surface area (Å²) in [7, 11) is 0. The number of fused-ring (bicyclic) bond motifs is 1. The van der Waals surface area contributed by atoms with Crippen molar-refractivity contribution >= 4 is 45.7 Å². The van der Waals surface area contributed by atoms with Gasteiger partial charge in [-0.3, -0.25) is 5.10 Å². The number of nitrogens with zero attached hydrogens (tertiary/aromatic N) is 4. The Labute approximate surface area is 166 Å². The number of hydrogen-bond acceptors (Lipinski definition) is 6. The Morgan fingerprint density at radius 3 is 2.77 bits per heavy atom. The van der Waals surface area contributed by atoms with Crippen molar-refractivity contribution in [3.8, 4) is 0 Å². The molecule has 142 valence electrons. The zero-order valence-electron chi connectivity index (χ0n) is 15.6. The van der Waals surface area contributed by atoms with Crippen LogP contribution in [0.25, 0.3) is 11.2 Å². The van der Waals surface area contributed by atoms with E-state index in [4.69, 9.17) is 4.74 Å². The molecule has 2 aromatic heterocycles. The SMILES string of the molecule is CC1(CNC(=O)OC(C)(C)C)CCN(c2cnc3c(I)[nH]nc3n2)CC1. The number of anilines is 1. The number of nitrogens with one attached hydrogen (secondary N) is 2. The van der Waals surface area contributed by atoms with Gasteiger partial charge in [-0.1, -0.05) is 6.92 Å². The van der Waals surface area contributed by atoms with Gasteiger partial charge in [0.2, 0.25) is 5.65 Å². The second kappa shape index (κ2) is 7.16. The molecule has 9 heteroatoms. The number of H-pyrrole nitrogens is 1. The number of ether oxygens (including phenoxy) is 1. The molecular weight excluding hydrogens is 447 g/mol. The first-order chi connectivity index (χ1) is 12.2. The third kappa shape index (κ3) is 4.54. The minimum absolute atomic E-state index is 0.0483. The lowest BCUT2D eigenvalue weighted by Crippen LogP contribution is -2.46. The third-order valence-electron chi connectivity index (χ3n) is 4.56. The molecule has 3 heterocycles. The molecule has 1 saturated heterocycles. The lowest BCUT2D eigenvalue weighted by molar-refractivity contribution is 0.0495. The number of rotatable bonds is 3. The third-order valence-corrected chi connectivity index (χ3v) is 5.31. The van der Waals surface area contributed by atoms with Gasteiger partial charge in [0, 0.05) is 19.6 Å². The highest BCUT2D eigenvalue weighted by Gasteiger charge is 2.32. The van der Waals surface area contributed by atoms with E-state index in [1.54, 1.807) is 0 Å². The molecule has 8 nitrogen and oxygen atoms in total. The van der Waals surface area contributed by atoms with E-state index in [-0.39, 0.29) is 11.5 Å². The second-order valence-corrected chi connectivity index (χ2v) is 9.17. The van der Waals surface area contributed by atoms with Crippen molar-refractivity contribution in [2.24, 2.45) is 5.41 Å². The summed E-state index contributed by atoms with van der Waals surface area (Å²) >= 11 is 2.17. The predicted molar refractivity (Wildman–Crippen MR) is 108 cm³/mol. The van der Waals surface area contributed by atoms with E-state index in [0.717, 1.165) is 41.0 Å². The number of hydrogen-bond donors (Lipinski definition) is 2. The molecule has 1 fully saturated rings. The summed E-state index contributed by atoms with van der Waals surface area (Å²) < 4.78 is 6.22. The van der Waals surface area contributed by atoms with Crippen molar-refractivity contribution in [2.75, 3.05) is 24.5 Å². The Kier molecular flexibility index (Phi) is 5.27. The van der Waals surface area contributed by atoms with Crippen LogP contribution in [0.4, 0.5) is 10.6 Å². The van der Waals surface area contributed by atoms with Crippen LogP contribution < -0.4 is 10.2 Å². The first kappa shape index (κ1) is 19.1. The molecule has 0 aromatic carbocycles. The summed E-state index contributed by atoms with van der Waals surface area (Å²) in [6, 6.07) is 0. The second-order valence-electron chi connectivity index (χ2n) is 8.09. The molecule has 3 rings (SSSR count). The zero-order chi connectivity index (χ0) is 18.9. The summed E-state index contributed by atoms with van der Waals surface area (Å²) in [4.78, 5) is 23.2. The number of halogens is 1. The van der Waals surface area contributed by atoms with Crippen molar-refractivity contribution in [1.82, 2.24) is 25.5 Å². The lowest BCUT2D eigenvalue weighted by atomic mass is 9.80. The normalized spacial score (nSPS) is 17.3. The van der Waals surface area contributed by atoms with Gasteiger partial charge in [0.25, 0.3) is 0 Å². The molecule has 2 N–H and O–H groups in total. The zero-order valence-corrected chi connectivity index (χ0v) is 17.8. The number of carbonyl (C=O) groups is 1. The van der Waals surface area contributed by atoms with Crippen LogP contribution in [0.1, 0.15) is 40.5 Å². The standard InChI is InChI=1S/C17H25IN6O2/c1-16(2,3)26-15(25)20-10-17(4)5-7-24(8-6-17)11-9-19-12-13(18)22-23-14(12)21-11/h9H,5-8,10H2,1-4H3,(H,20,25)(H,21,22,23). The fourth-order valence-electron chi connectivity index (χ4n) is 2.96. The fourth-order valence-corrected chi connectivity index (χ4v) is 3.46. The maximum atomic E-state index is 11.9. The van der Waals surface area contributed by atoms with Crippen LogP contribution in [0.3, 0.4) is 0 Å². The number of aromatic amines is 1. The Hall–Kier alpha value is -1.65. The molecule has 1 amide bonds. The van der Waals surface area contributed by atoms with E-state index in [2.05, 4.69) is 59.9 Å². The van der Waals surface area contributed by atoms with Crippen LogP contribution in [-0.4, -0.2) is 51.5 Å². The van der Waals surface area contributed by atoms with Gasteiger partial charge in [-0.2, -0.15) is 5.10 Å². The molecule has 26 heavy (non-hydrogen) atoms. The van der Waals surface area contributed by atoms with Gasteiger partial charge in [0.05, 0.1) is 6.20 Å². The van der Waals surface area contributed by atoms with Crippen molar-refractivity contribution in [3.63, 3.8) is 0 Å². The van der Waals surface area contributed by atoms with Crippen LogP contribution in [0, 0.1) is 9.12 Å². The Balaban J connectivity index is 1.56. The average Bonchev–Trinajstić information content (AvgIpc) is 2.93. The highest BCUT2D eigenvalue weighted by Crippen LogP contribution is 2.32. The van der Waals surface area contributed by atoms with Gasteiger partial charge in [0.15, 0.2) is 0 Å². The highest BCUT2D eigenvalue weighted by atomic mass is 127. The molecule has 0 saturated carbocycles. The van der Waals surface area contributed by atoms with E-state index in [0.29, 0.717) is 12.2 Å². The van der Waals surface area contributed by atoms with Crippen molar-refractivity contribution in [1.29, 1.82) is 0 Å². The molecule has 1 aliphatic rings. The van der Waals surface area contributed by atoms with Crippen LogP contribution in [0.15, 0.2) is 6.20 Å². The Morgan fingerprint density at radius 2 is 2.12 bits per heavy atom. The van der Waals surface area contributed by atoms with E-state index in [1.165, 1.54) is 0 Å². The van der Waals surface area contributed by atoms with E-state index in [1.807, 2.05) is 27.0 Å². The predicted octanol–water partition coefficient (Wildman–Crippen LogP) is 3.09. The maximum Gasteiger partial charge on any atom is 0.407 e. The van der Waals surface area contributed by atoms with Gasteiger partial charge in [-0.25, -0.2) is 14.8 Å². The van der Waals surface area contributed by atoms with Crippen LogP contribution in [0.2, 0.25) is 0 Å². The van der Waals surface area contributed by atoms with E-state index >= 15 is 0 Å². The smallest absolute Gasteiger partial charge is 0.407 e. The Morgan fingerprint density at radius 1 is 1.42 bits per heavy atom. The summed E-state index contributed by atoms with van der Waals surface area (Å²) in [5.74, 6) is 0.850. The molecule has 0 bridgehead atoms. The van der Waals surface area contributed by atoms with Gasteiger partial charge in [-0.15, -0.1) is 0 Å². The molecule has 2 aromatic rings. The number of carbonyl (C=O) groups excluding carboxylic acids is 1. The molecule has 0 spiro atoms. The maximum absolute atomic E-state index is 11.9. The number of piperidine rings is 1. The average molecular weight is 472 g/mol. The monoisotopic (exact) mass is 472 g/mol. The van der Waals surface area contributed by atoms with Crippen LogP contribution >= 0.6 is 22.6 Å². The summed E-state index contributed by atoms with van der Waals surface area (Å²) in [5.41, 5.74) is 1.02. The van der Waals surface area contributed by atoms with Gasteiger partial charge in [-0.05, 0) is 61.6 Å². The van der Waals surface area contributed by atoms with Gasteiger partial charge < -0.3 is 15.0 Å². The first-order valence-electron chi connectivity index (χ1n) is 8.74. The van der Waals surface area contributed by atoms with E-state index < -0.39 is 5.60 Å². The largest absolute Gasteiger partial charge is 0.444 e. The quantitative estimate of drug-likeness (QED) is 0.667. The fraction of sp³-hybridized carbons (Fsp3) is 0.647.